The van der Waals surface area contributed by atoms with Crippen molar-refractivity contribution in [1.82, 2.24) is 4.40 Å². The van der Waals surface area contributed by atoms with Gasteiger partial charge < -0.3 is 9.51 Å². The Bertz CT molecular complexity index is 661. The smallest absolute Gasteiger partial charge is 0.307 e. The van der Waals surface area contributed by atoms with Crippen molar-refractivity contribution < 1.29 is 9.90 Å². The summed E-state index contributed by atoms with van der Waals surface area (Å²) in [7, 11) is 0. The standard InChI is InChI=1S/C14H14ClNO2S/c1-3-6-19-14-9(2)11(8-13(17)18)12-7-10(15)4-5-16(12)14/h3-7H,8H2,1-2H3,(H,17,18)/b6-3+. The molecule has 2 aromatic heterocycles. The first-order chi connectivity index (χ1) is 9.04. The number of halogens is 1. The molecule has 3 nitrogen and oxygen atoms in total. The molecule has 0 bridgehead atoms. The second-order valence-electron chi connectivity index (χ2n) is 4.17. The van der Waals surface area contributed by atoms with Crippen LogP contribution in [0.1, 0.15) is 18.1 Å². The number of carboxylic acid groups (broad SMARTS) is 1. The van der Waals surface area contributed by atoms with E-state index in [0.29, 0.717) is 5.02 Å². The Morgan fingerprint density at radius 3 is 2.95 bits per heavy atom. The minimum atomic E-state index is -0.835. The van der Waals surface area contributed by atoms with Crippen molar-refractivity contribution >= 4 is 34.8 Å². The average Bonchev–Trinajstić information content (AvgIpc) is 2.60. The summed E-state index contributed by atoms with van der Waals surface area (Å²) >= 11 is 7.59. The number of pyridine rings is 1. The topological polar surface area (TPSA) is 41.7 Å². The zero-order chi connectivity index (χ0) is 14.0. The van der Waals surface area contributed by atoms with Gasteiger partial charge in [0.1, 0.15) is 0 Å². The highest BCUT2D eigenvalue weighted by atomic mass is 35.5. The first kappa shape index (κ1) is 14.0. The van der Waals surface area contributed by atoms with Gasteiger partial charge >= 0.3 is 5.97 Å². The number of carboxylic acids is 1. The fourth-order valence-electron chi connectivity index (χ4n) is 2.04. The van der Waals surface area contributed by atoms with E-state index in [0.717, 1.165) is 21.7 Å². The number of allylic oxidation sites excluding steroid dienone is 1. The summed E-state index contributed by atoms with van der Waals surface area (Å²) in [6.07, 6.45) is 3.84. The Balaban J connectivity index is 2.67. The van der Waals surface area contributed by atoms with Crippen LogP contribution in [0.2, 0.25) is 5.02 Å². The molecule has 0 unspecified atom stereocenters. The summed E-state index contributed by atoms with van der Waals surface area (Å²) in [4.78, 5) is 11.0. The number of hydrogen-bond acceptors (Lipinski definition) is 2. The predicted molar refractivity (Wildman–Crippen MR) is 79.2 cm³/mol. The van der Waals surface area contributed by atoms with Crippen LogP contribution in [0, 0.1) is 6.92 Å². The second kappa shape index (κ2) is 5.72. The van der Waals surface area contributed by atoms with Crippen molar-refractivity contribution in [3.63, 3.8) is 0 Å². The Labute approximate surface area is 120 Å². The summed E-state index contributed by atoms with van der Waals surface area (Å²) in [5, 5.41) is 12.7. The van der Waals surface area contributed by atoms with E-state index < -0.39 is 5.97 Å². The lowest BCUT2D eigenvalue weighted by Crippen LogP contribution is -2.00. The maximum Gasteiger partial charge on any atom is 0.307 e. The van der Waals surface area contributed by atoms with Crippen LogP contribution in [0.15, 0.2) is 34.8 Å². The van der Waals surface area contributed by atoms with E-state index in [4.69, 9.17) is 16.7 Å². The van der Waals surface area contributed by atoms with E-state index in [1.54, 1.807) is 17.8 Å². The Hall–Kier alpha value is -1.39. The van der Waals surface area contributed by atoms with Crippen LogP contribution in [-0.2, 0) is 11.2 Å². The number of nitrogens with zero attached hydrogens (tertiary/aromatic N) is 1. The van der Waals surface area contributed by atoms with E-state index >= 15 is 0 Å². The van der Waals surface area contributed by atoms with Crippen LogP contribution in [-0.4, -0.2) is 15.5 Å². The molecule has 0 fully saturated rings. The summed E-state index contributed by atoms with van der Waals surface area (Å²) in [5.41, 5.74) is 2.68. The van der Waals surface area contributed by atoms with E-state index in [2.05, 4.69) is 0 Å². The molecule has 0 spiro atoms. The van der Waals surface area contributed by atoms with Gasteiger partial charge in [-0.15, -0.1) is 0 Å². The van der Waals surface area contributed by atoms with Gasteiger partial charge in [-0.25, -0.2) is 0 Å². The molecule has 0 atom stereocenters. The van der Waals surface area contributed by atoms with Crippen molar-refractivity contribution in [2.45, 2.75) is 25.3 Å². The number of thioether (sulfide) groups is 1. The third-order valence-electron chi connectivity index (χ3n) is 2.86. The van der Waals surface area contributed by atoms with Gasteiger partial charge in [-0.3, -0.25) is 4.79 Å². The summed E-state index contributed by atoms with van der Waals surface area (Å²) < 4.78 is 1.99. The van der Waals surface area contributed by atoms with Gasteiger partial charge in [0.15, 0.2) is 0 Å². The highest BCUT2D eigenvalue weighted by molar-refractivity contribution is 8.02. The zero-order valence-electron chi connectivity index (χ0n) is 10.7. The van der Waals surface area contributed by atoms with E-state index in [1.165, 1.54) is 0 Å². The quantitative estimate of drug-likeness (QED) is 0.861. The van der Waals surface area contributed by atoms with Crippen molar-refractivity contribution in [2.24, 2.45) is 0 Å². The number of fused-ring (bicyclic) bond motifs is 1. The molecule has 0 aliphatic heterocycles. The van der Waals surface area contributed by atoms with Crippen molar-refractivity contribution in [3.05, 3.63) is 46.0 Å². The minimum Gasteiger partial charge on any atom is -0.481 e. The molecule has 1 N–H and O–H groups in total. The lowest BCUT2D eigenvalue weighted by atomic mass is 10.1. The summed E-state index contributed by atoms with van der Waals surface area (Å²) in [6, 6.07) is 3.62. The number of aliphatic carboxylic acids is 1. The molecular weight excluding hydrogens is 282 g/mol. The fraction of sp³-hybridized carbons (Fsp3) is 0.214. The lowest BCUT2D eigenvalue weighted by molar-refractivity contribution is -0.136. The normalized spacial score (nSPS) is 11.5. The van der Waals surface area contributed by atoms with E-state index in [-0.39, 0.29) is 6.42 Å². The molecule has 5 heteroatoms. The van der Waals surface area contributed by atoms with E-state index in [9.17, 15) is 4.79 Å². The predicted octanol–water partition coefficient (Wildman–Crippen LogP) is 4.15. The van der Waals surface area contributed by atoms with Crippen LogP contribution < -0.4 is 0 Å². The number of aromatic nitrogens is 1. The van der Waals surface area contributed by atoms with Gasteiger partial charge in [-0.2, -0.15) is 0 Å². The largest absolute Gasteiger partial charge is 0.481 e. The summed E-state index contributed by atoms with van der Waals surface area (Å²) in [6.45, 7) is 3.90. The Kier molecular flexibility index (Phi) is 4.22. The molecule has 0 aliphatic rings. The van der Waals surface area contributed by atoms with Crippen LogP contribution in [0.25, 0.3) is 5.52 Å². The molecule has 2 heterocycles. The monoisotopic (exact) mass is 295 g/mol. The molecule has 0 saturated heterocycles. The lowest BCUT2D eigenvalue weighted by Gasteiger charge is -2.00. The SMILES string of the molecule is C/C=C/Sc1c(C)c(CC(=O)O)c2cc(Cl)ccn12. The molecule has 2 rings (SSSR count). The molecule has 2 aromatic rings. The van der Waals surface area contributed by atoms with Gasteiger partial charge in [0, 0.05) is 11.2 Å². The maximum atomic E-state index is 11.0. The molecule has 0 aromatic carbocycles. The average molecular weight is 296 g/mol. The highest BCUT2D eigenvalue weighted by Crippen LogP contribution is 2.33. The van der Waals surface area contributed by atoms with Crippen LogP contribution in [0.4, 0.5) is 0 Å². The van der Waals surface area contributed by atoms with Gasteiger partial charge in [0.25, 0.3) is 0 Å². The fourth-order valence-corrected chi connectivity index (χ4v) is 3.04. The van der Waals surface area contributed by atoms with Crippen molar-refractivity contribution in [3.8, 4) is 0 Å². The molecule has 0 amide bonds. The Morgan fingerprint density at radius 1 is 1.58 bits per heavy atom. The third-order valence-corrected chi connectivity index (χ3v) is 4.23. The number of rotatable bonds is 4. The van der Waals surface area contributed by atoms with E-state index in [1.807, 2.05) is 42.0 Å². The van der Waals surface area contributed by atoms with Crippen molar-refractivity contribution in [2.75, 3.05) is 0 Å². The molecule has 0 saturated carbocycles. The summed E-state index contributed by atoms with van der Waals surface area (Å²) in [5.74, 6) is -0.835. The molecule has 0 aliphatic carbocycles. The molecule has 100 valence electrons. The molecular formula is C14H14ClNO2S. The maximum absolute atomic E-state index is 11.0. The van der Waals surface area contributed by atoms with Gasteiger partial charge in [-0.05, 0) is 42.5 Å². The minimum absolute atomic E-state index is 0.00603. The van der Waals surface area contributed by atoms with Gasteiger partial charge in [0.2, 0.25) is 0 Å². The molecule has 19 heavy (non-hydrogen) atoms. The first-order valence-corrected chi connectivity index (χ1v) is 7.09. The number of hydrogen-bond donors (Lipinski definition) is 1. The van der Waals surface area contributed by atoms with Crippen molar-refractivity contribution in [1.29, 1.82) is 0 Å². The van der Waals surface area contributed by atoms with Crippen LogP contribution >= 0.6 is 23.4 Å². The second-order valence-corrected chi connectivity index (χ2v) is 5.50. The Morgan fingerprint density at radius 2 is 2.32 bits per heavy atom. The molecule has 0 radical (unpaired) electrons. The van der Waals surface area contributed by atoms with Crippen LogP contribution in [0.3, 0.4) is 0 Å². The van der Waals surface area contributed by atoms with Crippen LogP contribution in [0.5, 0.6) is 0 Å². The number of carbonyl (C=O) groups is 1. The van der Waals surface area contributed by atoms with Gasteiger partial charge in [0.05, 0.1) is 17.0 Å². The zero-order valence-corrected chi connectivity index (χ0v) is 12.3. The highest BCUT2D eigenvalue weighted by Gasteiger charge is 2.17. The third kappa shape index (κ3) is 2.80. The van der Waals surface area contributed by atoms with Gasteiger partial charge in [-0.1, -0.05) is 29.4 Å². The first-order valence-electron chi connectivity index (χ1n) is 5.83.